The molecule has 22 heavy (non-hydrogen) atoms. The van der Waals surface area contributed by atoms with E-state index in [2.05, 4.69) is 5.10 Å². The highest BCUT2D eigenvalue weighted by Gasteiger charge is 2.19. The van der Waals surface area contributed by atoms with Gasteiger partial charge in [0, 0.05) is 5.02 Å². The van der Waals surface area contributed by atoms with Crippen LogP contribution in [0.15, 0.2) is 33.5 Å². The molecule has 2 aromatic rings. The van der Waals surface area contributed by atoms with Gasteiger partial charge in [0.15, 0.2) is 0 Å². The molecule has 0 N–H and O–H groups in total. The lowest BCUT2D eigenvalue weighted by Gasteiger charge is -2.18. The third-order valence-corrected chi connectivity index (χ3v) is 3.02. The van der Waals surface area contributed by atoms with Crippen LogP contribution in [0.4, 0.5) is 0 Å². The smallest absolute Gasteiger partial charge is 0.437 e. The van der Waals surface area contributed by atoms with E-state index >= 15 is 0 Å². The van der Waals surface area contributed by atoms with Crippen molar-refractivity contribution in [3.8, 4) is 0 Å². The average molecular weight is 325 g/mol. The molecule has 0 saturated carbocycles. The van der Waals surface area contributed by atoms with Crippen LogP contribution in [-0.2, 0) is 22.5 Å². The van der Waals surface area contributed by atoms with E-state index in [1.807, 2.05) is 18.2 Å². The predicted octanol–water partition coefficient (Wildman–Crippen LogP) is 2.42. The van der Waals surface area contributed by atoms with E-state index in [0.29, 0.717) is 5.02 Å². The van der Waals surface area contributed by atoms with Gasteiger partial charge in [-0.15, -0.1) is 5.10 Å². The van der Waals surface area contributed by atoms with Crippen LogP contribution >= 0.6 is 11.6 Å². The molecule has 0 fully saturated rings. The minimum Gasteiger partial charge on any atom is -0.459 e. The summed E-state index contributed by atoms with van der Waals surface area (Å²) in [6, 6.07) is 7.20. The van der Waals surface area contributed by atoms with Crippen molar-refractivity contribution in [2.24, 2.45) is 0 Å². The number of rotatable bonds is 4. The molecule has 118 valence electrons. The number of hydrogen-bond donors (Lipinski definition) is 0. The Morgan fingerprint density at radius 3 is 2.68 bits per heavy atom. The van der Waals surface area contributed by atoms with Crippen LogP contribution < -0.4 is 5.76 Å². The Morgan fingerprint density at radius 2 is 2.05 bits per heavy atom. The molecule has 0 aliphatic carbocycles. The molecule has 0 unspecified atom stereocenters. The van der Waals surface area contributed by atoms with Crippen molar-refractivity contribution in [3.05, 3.63) is 51.3 Å². The largest absolute Gasteiger partial charge is 0.459 e. The summed E-state index contributed by atoms with van der Waals surface area (Å²) in [5.41, 5.74) is 0.167. The summed E-state index contributed by atoms with van der Waals surface area (Å²) in [5, 5.41) is 4.56. The fourth-order valence-electron chi connectivity index (χ4n) is 1.82. The van der Waals surface area contributed by atoms with Crippen LogP contribution in [0.2, 0.25) is 5.02 Å². The number of hydrogen-bond acceptors (Lipinski definition) is 5. The molecule has 2 rings (SSSR count). The number of carbonyl (C=O) groups is 1. The molecule has 0 atom stereocenters. The second-order valence-electron chi connectivity index (χ2n) is 5.77. The van der Waals surface area contributed by atoms with Crippen molar-refractivity contribution in [1.82, 2.24) is 9.78 Å². The van der Waals surface area contributed by atoms with Crippen molar-refractivity contribution in [2.75, 3.05) is 0 Å². The molecule has 0 spiro atoms. The molecule has 1 aromatic carbocycles. The molecule has 0 aliphatic rings. The maximum atomic E-state index is 11.7. The summed E-state index contributed by atoms with van der Waals surface area (Å²) < 4.78 is 11.1. The standard InChI is InChI=1S/C15H17ClN2O4/c1-15(2,3)22-13(19)9-18-14(20)21-12(17-18)8-10-6-4-5-7-11(10)16/h4-7H,8-9H2,1-3H3. The molecule has 6 nitrogen and oxygen atoms in total. The number of ether oxygens (including phenoxy) is 1. The van der Waals surface area contributed by atoms with Gasteiger partial charge in [-0.25, -0.2) is 4.79 Å². The van der Waals surface area contributed by atoms with E-state index in [1.54, 1.807) is 26.8 Å². The van der Waals surface area contributed by atoms with E-state index < -0.39 is 17.3 Å². The number of halogens is 1. The normalized spacial score (nSPS) is 11.5. The van der Waals surface area contributed by atoms with Crippen LogP contribution in [0.3, 0.4) is 0 Å². The zero-order chi connectivity index (χ0) is 16.3. The number of aromatic nitrogens is 2. The zero-order valence-corrected chi connectivity index (χ0v) is 13.4. The molecule has 0 bridgehead atoms. The molecule has 1 heterocycles. The van der Waals surface area contributed by atoms with E-state index in [4.69, 9.17) is 20.8 Å². The van der Waals surface area contributed by atoms with Gasteiger partial charge in [0.1, 0.15) is 12.1 Å². The first-order valence-corrected chi connectivity index (χ1v) is 7.14. The third kappa shape index (κ3) is 4.46. The molecule has 0 radical (unpaired) electrons. The van der Waals surface area contributed by atoms with Crippen LogP contribution in [0.1, 0.15) is 32.2 Å². The van der Waals surface area contributed by atoms with Crippen molar-refractivity contribution >= 4 is 17.6 Å². The fraction of sp³-hybridized carbons (Fsp3) is 0.400. The van der Waals surface area contributed by atoms with Crippen LogP contribution in [0.25, 0.3) is 0 Å². The average Bonchev–Trinajstić information content (AvgIpc) is 2.70. The molecule has 0 saturated heterocycles. The topological polar surface area (TPSA) is 74.3 Å². The first-order chi connectivity index (χ1) is 10.2. The summed E-state index contributed by atoms with van der Waals surface area (Å²) in [7, 11) is 0. The Morgan fingerprint density at radius 1 is 1.36 bits per heavy atom. The second-order valence-corrected chi connectivity index (χ2v) is 6.18. The molecule has 7 heteroatoms. The lowest BCUT2D eigenvalue weighted by Crippen LogP contribution is -2.29. The zero-order valence-electron chi connectivity index (χ0n) is 12.6. The van der Waals surface area contributed by atoms with E-state index in [0.717, 1.165) is 10.2 Å². The number of carbonyl (C=O) groups excluding carboxylic acids is 1. The quantitative estimate of drug-likeness (QED) is 0.807. The van der Waals surface area contributed by atoms with Crippen molar-refractivity contribution in [3.63, 3.8) is 0 Å². The Labute approximate surface area is 132 Å². The van der Waals surface area contributed by atoms with Gasteiger partial charge in [-0.05, 0) is 32.4 Å². The highest BCUT2D eigenvalue weighted by atomic mass is 35.5. The van der Waals surface area contributed by atoms with Crippen LogP contribution in [0, 0.1) is 0 Å². The second kappa shape index (κ2) is 6.36. The van der Waals surface area contributed by atoms with E-state index in [-0.39, 0.29) is 18.9 Å². The summed E-state index contributed by atoms with van der Waals surface area (Å²) in [6.07, 6.45) is 0.274. The van der Waals surface area contributed by atoms with Gasteiger partial charge in [0.25, 0.3) is 0 Å². The van der Waals surface area contributed by atoms with Gasteiger partial charge in [-0.2, -0.15) is 4.68 Å². The predicted molar refractivity (Wildman–Crippen MR) is 80.9 cm³/mol. The van der Waals surface area contributed by atoms with Crippen LogP contribution in [0.5, 0.6) is 0 Å². The Bertz CT molecular complexity index is 728. The van der Waals surface area contributed by atoms with Gasteiger partial charge >= 0.3 is 11.7 Å². The molecule has 1 aromatic heterocycles. The molecular weight excluding hydrogens is 308 g/mol. The molecular formula is C15H17ClN2O4. The van der Waals surface area contributed by atoms with Crippen LogP contribution in [-0.4, -0.2) is 21.4 Å². The summed E-state index contributed by atoms with van der Waals surface area (Å²) in [6.45, 7) is 4.96. The minimum absolute atomic E-state index is 0.196. The maximum absolute atomic E-state index is 11.7. The Kier molecular flexibility index (Phi) is 4.71. The first-order valence-electron chi connectivity index (χ1n) is 6.77. The van der Waals surface area contributed by atoms with Gasteiger partial charge in [-0.1, -0.05) is 29.8 Å². The van der Waals surface area contributed by atoms with Gasteiger partial charge < -0.3 is 9.15 Å². The van der Waals surface area contributed by atoms with E-state index in [9.17, 15) is 9.59 Å². The third-order valence-electron chi connectivity index (χ3n) is 2.65. The first kappa shape index (κ1) is 16.3. The lowest BCUT2D eigenvalue weighted by molar-refractivity contribution is -0.155. The minimum atomic E-state index is -0.701. The van der Waals surface area contributed by atoms with Crippen molar-refractivity contribution in [2.45, 2.75) is 39.3 Å². The maximum Gasteiger partial charge on any atom is 0.437 e. The SMILES string of the molecule is CC(C)(C)OC(=O)Cn1nc(Cc2ccccc2Cl)oc1=O. The van der Waals surface area contributed by atoms with E-state index in [1.165, 1.54) is 0 Å². The Balaban J connectivity index is 2.10. The number of esters is 1. The number of nitrogens with zero attached hydrogens (tertiary/aromatic N) is 2. The van der Waals surface area contributed by atoms with Gasteiger partial charge in [0.05, 0.1) is 6.42 Å². The van der Waals surface area contributed by atoms with Crippen molar-refractivity contribution < 1.29 is 13.9 Å². The summed E-state index contributed by atoms with van der Waals surface area (Å²) >= 11 is 6.05. The summed E-state index contributed by atoms with van der Waals surface area (Å²) in [5.74, 6) is -1.05. The van der Waals surface area contributed by atoms with Crippen molar-refractivity contribution in [1.29, 1.82) is 0 Å². The van der Waals surface area contributed by atoms with Gasteiger partial charge in [0.2, 0.25) is 5.89 Å². The highest BCUT2D eigenvalue weighted by molar-refractivity contribution is 6.31. The lowest BCUT2D eigenvalue weighted by atomic mass is 10.1. The highest BCUT2D eigenvalue weighted by Crippen LogP contribution is 2.17. The monoisotopic (exact) mass is 324 g/mol. The summed E-state index contributed by atoms with van der Waals surface area (Å²) in [4.78, 5) is 23.4. The Hall–Kier alpha value is -2.08. The molecule has 0 aliphatic heterocycles. The number of benzene rings is 1. The fourth-order valence-corrected chi connectivity index (χ4v) is 2.02. The van der Waals surface area contributed by atoms with Gasteiger partial charge in [-0.3, -0.25) is 4.79 Å². The molecule has 0 amide bonds.